The monoisotopic (exact) mass is 348 g/mol. The molecule has 1 aromatic heterocycles. The molecule has 0 saturated carbocycles. The zero-order chi connectivity index (χ0) is 16.5. The van der Waals surface area contributed by atoms with E-state index in [1.54, 1.807) is 19.2 Å². The zero-order valence-electron chi connectivity index (χ0n) is 12.1. The third kappa shape index (κ3) is 6.93. The predicted molar refractivity (Wildman–Crippen MR) is 83.7 cm³/mol. The molecule has 9 heteroatoms. The Balaban J connectivity index is 2.42. The summed E-state index contributed by atoms with van der Waals surface area (Å²) in [5.41, 5.74) is 5.61. The highest BCUT2D eigenvalue weighted by molar-refractivity contribution is 6.32. The van der Waals surface area contributed by atoms with Gasteiger partial charge in [-0.25, -0.2) is 9.78 Å². The van der Waals surface area contributed by atoms with Gasteiger partial charge in [0.15, 0.2) is 0 Å². The largest absolute Gasteiger partial charge is 0.460 e. The first-order chi connectivity index (χ1) is 10.4. The van der Waals surface area contributed by atoms with E-state index in [1.807, 2.05) is 0 Å². The summed E-state index contributed by atoms with van der Waals surface area (Å²) >= 11 is 11.5. The fraction of sp³-hybridized carbons (Fsp3) is 0.462. The number of nitrogens with one attached hydrogen (secondary N) is 2. The topological polar surface area (TPSA) is 106 Å². The molecule has 2 amide bonds. The highest BCUT2D eigenvalue weighted by Gasteiger charge is 2.17. The van der Waals surface area contributed by atoms with Crippen LogP contribution in [0.2, 0.25) is 10.3 Å². The summed E-state index contributed by atoms with van der Waals surface area (Å²) < 4.78 is 5.21. The summed E-state index contributed by atoms with van der Waals surface area (Å²) in [5.74, 6) is -0.398. The fourth-order valence-corrected chi connectivity index (χ4v) is 2.26. The second kappa shape index (κ2) is 9.45. The Kier molecular flexibility index (Phi) is 7.94. The summed E-state index contributed by atoms with van der Waals surface area (Å²) in [5, 5.41) is 5.80. The zero-order valence-corrected chi connectivity index (χ0v) is 13.6. The first kappa shape index (κ1) is 18.5. The standard InChI is InChI=1S/C13H18Cl2N4O3/c1-17-9(3-2-4-18-13(16)21)12(20)22-7-8-5-10(14)19-11(15)6-8/h5-6,9,17H,2-4,7H2,1H3,(H3,16,18,21)/t9-/m0/s1. The summed E-state index contributed by atoms with van der Waals surface area (Å²) in [7, 11) is 1.66. The van der Waals surface area contributed by atoms with Crippen molar-refractivity contribution in [1.82, 2.24) is 15.6 Å². The van der Waals surface area contributed by atoms with Gasteiger partial charge in [0.05, 0.1) is 0 Å². The van der Waals surface area contributed by atoms with Crippen LogP contribution in [0, 0.1) is 0 Å². The van der Waals surface area contributed by atoms with Crippen molar-refractivity contribution in [3.8, 4) is 0 Å². The molecule has 1 heterocycles. The highest BCUT2D eigenvalue weighted by Crippen LogP contribution is 2.15. The van der Waals surface area contributed by atoms with Crippen LogP contribution in [-0.4, -0.2) is 36.6 Å². The highest BCUT2D eigenvalue weighted by atomic mass is 35.5. The van der Waals surface area contributed by atoms with E-state index in [2.05, 4.69) is 15.6 Å². The van der Waals surface area contributed by atoms with Crippen molar-refractivity contribution in [3.05, 3.63) is 28.0 Å². The van der Waals surface area contributed by atoms with Crippen molar-refractivity contribution in [3.63, 3.8) is 0 Å². The number of nitrogens with two attached hydrogens (primary N) is 1. The van der Waals surface area contributed by atoms with Crippen LogP contribution < -0.4 is 16.4 Å². The van der Waals surface area contributed by atoms with Gasteiger partial charge in [-0.05, 0) is 37.6 Å². The molecule has 4 N–H and O–H groups in total. The molecule has 7 nitrogen and oxygen atoms in total. The summed E-state index contributed by atoms with van der Waals surface area (Å²) in [6, 6.07) is 2.09. The fourth-order valence-electron chi connectivity index (χ4n) is 1.75. The lowest BCUT2D eigenvalue weighted by atomic mass is 10.1. The molecule has 0 fully saturated rings. The van der Waals surface area contributed by atoms with E-state index in [9.17, 15) is 9.59 Å². The summed E-state index contributed by atoms with van der Waals surface area (Å²) in [4.78, 5) is 26.3. The SMILES string of the molecule is CN[C@@H](CCCNC(N)=O)C(=O)OCc1cc(Cl)nc(Cl)c1. The molecule has 0 saturated heterocycles. The Morgan fingerprint density at radius 3 is 2.55 bits per heavy atom. The van der Waals surface area contributed by atoms with Crippen molar-refractivity contribution in [2.75, 3.05) is 13.6 Å². The number of likely N-dealkylation sites (N-methyl/N-ethyl adjacent to an activating group) is 1. The lowest BCUT2D eigenvalue weighted by molar-refractivity contribution is -0.147. The van der Waals surface area contributed by atoms with Crippen LogP contribution in [0.25, 0.3) is 0 Å². The van der Waals surface area contributed by atoms with Crippen LogP contribution in [-0.2, 0) is 16.1 Å². The molecule has 22 heavy (non-hydrogen) atoms. The second-order valence-corrected chi connectivity index (χ2v) is 5.28. The lowest BCUT2D eigenvalue weighted by Crippen LogP contribution is -2.37. The molecule has 0 unspecified atom stereocenters. The number of rotatable bonds is 8. The third-order valence-corrected chi connectivity index (χ3v) is 3.19. The average molecular weight is 349 g/mol. The molecule has 1 aromatic rings. The van der Waals surface area contributed by atoms with Gasteiger partial charge < -0.3 is 21.1 Å². The van der Waals surface area contributed by atoms with Crippen molar-refractivity contribution in [1.29, 1.82) is 0 Å². The Bertz CT molecular complexity index is 508. The van der Waals surface area contributed by atoms with Crippen LogP contribution in [0.3, 0.4) is 0 Å². The van der Waals surface area contributed by atoms with Gasteiger partial charge in [0.1, 0.15) is 23.0 Å². The van der Waals surface area contributed by atoms with Crippen LogP contribution in [0.5, 0.6) is 0 Å². The van der Waals surface area contributed by atoms with Crippen molar-refractivity contribution in [2.45, 2.75) is 25.5 Å². The molecule has 122 valence electrons. The van der Waals surface area contributed by atoms with E-state index in [4.69, 9.17) is 33.7 Å². The number of nitrogens with zero attached hydrogens (tertiary/aromatic N) is 1. The van der Waals surface area contributed by atoms with E-state index < -0.39 is 18.0 Å². The maximum absolute atomic E-state index is 12.0. The number of halogens is 2. The normalized spacial score (nSPS) is 11.8. The first-order valence-corrected chi connectivity index (χ1v) is 7.37. The van der Waals surface area contributed by atoms with E-state index in [-0.39, 0.29) is 16.9 Å². The Labute approximate surface area is 138 Å². The molecular weight excluding hydrogens is 331 g/mol. The number of urea groups is 1. The van der Waals surface area contributed by atoms with Crippen LogP contribution in [0.1, 0.15) is 18.4 Å². The summed E-state index contributed by atoms with van der Waals surface area (Å²) in [6.07, 6.45) is 1.10. The Morgan fingerprint density at radius 2 is 2.00 bits per heavy atom. The predicted octanol–water partition coefficient (Wildman–Crippen LogP) is 1.47. The van der Waals surface area contributed by atoms with Crippen molar-refractivity contribution in [2.24, 2.45) is 5.73 Å². The molecule has 0 bridgehead atoms. The number of carbonyl (C=O) groups excluding carboxylic acids is 2. The van der Waals surface area contributed by atoms with Gasteiger partial charge in [0, 0.05) is 6.54 Å². The number of carbonyl (C=O) groups is 2. The molecule has 0 aliphatic heterocycles. The van der Waals surface area contributed by atoms with E-state index in [1.165, 1.54) is 0 Å². The number of amides is 2. The Morgan fingerprint density at radius 1 is 1.36 bits per heavy atom. The Hall–Kier alpha value is -1.57. The molecular formula is C13H18Cl2N4O3. The molecule has 0 aromatic carbocycles. The number of pyridine rings is 1. The smallest absolute Gasteiger partial charge is 0.323 e. The molecule has 0 spiro atoms. The van der Waals surface area contributed by atoms with Gasteiger partial charge in [0.25, 0.3) is 0 Å². The van der Waals surface area contributed by atoms with Gasteiger partial charge >= 0.3 is 12.0 Å². The minimum Gasteiger partial charge on any atom is -0.460 e. The quantitative estimate of drug-likeness (QED) is 0.374. The number of ether oxygens (including phenoxy) is 1. The van der Waals surface area contributed by atoms with Gasteiger partial charge in [-0.15, -0.1) is 0 Å². The maximum atomic E-state index is 12.0. The molecule has 0 radical (unpaired) electrons. The van der Waals surface area contributed by atoms with Gasteiger partial charge in [-0.2, -0.15) is 0 Å². The number of hydrogen-bond acceptors (Lipinski definition) is 5. The van der Waals surface area contributed by atoms with Crippen LogP contribution in [0.4, 0.5) is 4.79 Å². The minimum atomic E-state index is -0.588. The molecule has 1 atom stereocenters. The first-order valence-electron chi connectivity index (χ1n) is 6.61. The van der Waals surface area contributed by atoms with Gasteiger partial charge in [-0.1, -0.05) is 23.2 Å². The maximum Gasteiger partial charge on any atom is 0.323 e. The van der Waals surface area contributed by atoms with Crippen molar-refractivity contribution >= 4 is 35.2 Å². The van der Waals surface area contributed by atoms with E-state index in [0.717, 1.165) is 0 Å². The number of primary amides is 1. The molecule has 0 aliphatic rings. The second-order valence-electron chi connectivity index (χ2n) is 4.50. The van der Waals surface area contributed by atoms with E-state index in [0.29, 0.717) is 24.9 Å². The number of aromatic nitrogens is 1. The third-order valence-electron chi connectivity index (χ3n) is 2.81. The number of hydrogen-bond donors (Lipinski definition) is 3. The number of esters is 1. The van der Waals surface area contributed by atoms with Crippen LogP contribution >= 0.6 is 23.2 Å². The van der Waals surface area contributed by atoms with Crippen LogP contribution in [0.15, 0.2) is 12.1 Å². The van der Waals surface area contributed by atoms with Gasteiger partial charge in [0.2, 0.25) is 0 Å². The average Bonchev–Trinajstić information content (AvgIpc) is 2.43. The summed E-state index contributed by atoms with van der Waals surface area (Å²) in [6.45, 7) is 0.453. The van der Waals surface area contributed by atoms with Crippen molar-refractivity contribution < 1.29 is 14.3 Å². The van der Waals surface area contributed by atoms with E-state index >= 15 is 0 Å². The lowest BCUT2D eigenvalue weighted by Gasteiger charge is -2.15. The molecule has 0 aliphatic carbocycles. The van der Waals surface area contributed by atoms with Gasteiger partial charge in [-0.3, -0.25) is 4.79 Å². The minimum absolute atomic E-state index is 0.0541. The molecule has 1 rings (SSSR count).